The maximum atomic E-state index is 13.8. The molecule has 8 atom stereocenters. The number of anilines is 1. The van der Waals surface area contributed by atoms with Crippen molar-refractivity contribution in [3.63, 3.8) is 0 Å². The van der Waals surface area contributed by atoms with Crippen molar-refractivity contribution in [2.75, 3.05) is 11.9 Å². The quantitative estimate of drug-likeness (QED) is 0.583. The molecule has 1 spiro atoms. The Kier molecular flexibility index (Phi) is 6.43. The minimum Gasteiger partial charge on any atom is -0.359 e. The van der Waals surface area contributed by atoms with Crippen LogP contribution in [0.2, 0.25) is 5.02 Å². The topological polar surface area (TPSA) is 87.7 Å². The fourth-order valence-corrected chi connectivity index (χ4v) is 6.68. The van der Waals surface area contributed by atoms with Crippen molar-refractivity contribution in [1.29, 1.82) is 0 Å². The fraction of sp³-hybridized carbons (Fsp3) is 0.593. The third kappa shape index (κ3) is 3.97. The molecule has 1 aromatic rings. The van der Waals surface area contributed by atoms with Gasteiger partial charge in [0.2, 0.25) is 17.7 Å². The van der Waals surface area contributed by atoms with E-state index in [9.17, 15) is 14.4 Å². The zero-order valence-corrected chi connectivity index (χ0v) is 21.3. The molecule has 1 aliphatic carbocycles. The van der Waals surface area contributed by atoms with Crippen LogP contribution in [-0.2, 0) is 19.1 Å². The molecular formula is C27H34ClN3O4. The van der Waals surface area contributed by atoms with Gasteiger partial charge in [-0.05, 0) is 48.9 Å². The van der Waals surface area contributed by atoms with Crippen LogP contribution in [0.4, 0.5) is 5.69 Å². The number of fused-ring (bicyclic) bond motifs is 1. The summed E-state index contributed by atoms with van der Waals surface area (Å²) in [5.41, 5.74) is -0.516. The second kappa shape index (κ2) is 9.25. The molecule has 188 valence electrons. The molecule has 0 aromatic heterocycles. The summed E-state index contributed by atoms with van der Waals surface area (Å²) in [5, 5.41) is 6.75. The second-order valence-electron chi connectivity index (χ2n) is 10.6. The summed E-state index contributed by atoms with van der Waals surface area (Å²) in [6, 6.07) is 6.15. The molecule has 0 radical (unpaired) electrons. The molecule has 1 saturated carbocycles. The van der Waals surface area contributed by atoms with Crippen molar-refractivity contribution in [2.45, 2.75) is 70.2 Å². The number of carbonyl (C=O) groups is 3. The molecule has 8 heteroatoms. The standard InChI is InChI=1S/C27H34ClN3O4/c1-4-14-31-23(25(33)30-19-7-5-6-15(2)16(19)3)27-13-12-20(35-27)21(22(27)26(31)34)24(32)29-18-10-8-17(28)9-11-18/h8-13,15-16,19-23H,4-7,14H2,1-3H3,(H,29,32)(H,30,33)/t15-,16-,19+,20-,21+,22-,23-,27-/m0/s1. The van der Waals surface area contributed by atoms with Crippen LogP contribution in [0.3, 0.4) is 0 Å². The largest absolute Gasteiger partial charge is 0.359 e. The van der Waals surface area contributed by atoms with E-state index in [1.54, 1.807) is 29.2 Å². The van der Waals surface area contributed by atoms with Gasteiger partial charge in [-0.25, -0.2) is 0 Å². The fourth-order valence-electron chi connectivity index (χ4n) is 6.55. The number of amides is 3. The lowest BCUT2D eigenvalue weighted by molar-refractivity contribution is -0.141. The lowest BCUT2D eigenvalue weighted by atomic mass is 9.73. The number of ether oxygens (including phenoxy) is 1. The van der Waals surface area contributed by atoms with Crippen LogP contribution in [0.25, 0.3) is 0 Å². The Morgan fingerprint density at radius 3 is 2.63 bits per heavy atom. The third-order valence-corrected chi connectivity index (χ3v) is 8.79. The van der Waals surface area contributed by atoms with Crippen molar-refractivity contribution in [1.82, 2.24) is 10.2 Å². The average molecular weight is 500 g/mol. The first-order valence-corrected chi connectivity index (χ1v) is 13.2. The molecular weight excluding hydrogens is 466 g/mol. The molecule has 0 unspecified atom stereocenters. The minimum absolute atomic E-state index is 0.0758. The average Bonchev–Trinajstić information content (AvgIpc) is 3.46. The molecule has 3 fully saturated rings. The number of nitrogens with zero attached hydrogens (tertiary/aromatic N) is 1. The van der Waals surface area contributed by atoms with E-state index in [0.717, 1.165) is 12.8 Å². The molecule has 2 N–H and O–H groups in total. The first-order valence-electron chi connectivity index (χ1n) is 12.8. The summed E-state index contributed by atoms with van der Waals surface area (Å²) >= 11 is 5.97. The van der Waals surface area contributed by atoms with Gasteiger partial charge in [-0.15, -0.1) is 0 Å². The zero-order chi connectivity index (χ0) is 24.9. The second-order valence-corrected chi connectivity index (χ2v) is 11.0. The van der Waals surface area contributed by atoms with Crippen LogP contribution in [0.5, 0.6) is 0 Å². The van der Waals surface area contributed by atoms with E-state index >= 15 is 0 Å². The Morgan fingerprint density at radius 2 is 1.91 bits per heavy atom. The zero-order valence-electron chi connectivity index (χ0n) is 20.5. The summed E-state index contributed by atoms with van der Waals surface area (Å²) in [6.07, 6.45) is 7.07. The molecule has 2 bridgehead atoms. The molecule has 7 nitrogen and oxygen atoms in total. The molecule has 5 rings (SSSR count). The highest BCUT2D eigenvalue weighted by molar-refractivity contribution is 6.30. The molecule has 3 heterocycles. The van der Waals surface area contributed by atoms with E-state index in [0.29, 0.717) is 35.5 Å². The Hall–Kier alpha value is -2.38. The van der Waals surface area contributed by atoms with Crippen molar-refractivity contribution in [3.8, 4) is 0 Å². The highest BCUT2D eigenvalue weighted by atomic mass is 35.5. The first-order chi connectivity index (χ1) is 16.8. The highest BCUT2D eigenvalue weighted by Crippen LogP contribution is 2.55. The number of hydrogen-bond acceptors (Lipinski definition) is 4. The Labute approximate surface area is 211 Å². The summed E-state index contributed by atoms with van der Waals surface area (Å²) in [6.45, 7) is 6.85. The third-order valence-electron chi connectivity index (χ3n) is 8.54. The summed E-state index contributed by atoms with van der Waals surface area (Å²) in [7, 11) is 0. The van der Waals surface area contributed by atoms with Crippen LogP contribution >= 0.6 is 11.6 Å². The SMILES string of the molecule is CCCN1C(=O)[C@@H]2[C@H](C(=O)Nc3ccc(Cl)cc3)[C@@H]3C=C[C@@]2(O3)[C@@H]1C(=O)N[C@@H]1CCC[C@H](C)[C@@H]1C. The lowest BCUT2D eigenvalue weighted by Gasteiger charge is -2.38. The van der Waals surface area contributed by atoms with E-state index in [4.69, 9.17) is 16.3 Å². The number of rotatable bonds is 6. The van der Waals surface area contributed by atoms with Gasteiger partial charge in [0.05, 0.1) is 17.9 Å². The predicted octanol–water partition coefficient (Wildman–Crippen LogP) is 3.78. The van der Waals surface area contributed by atoms with Gasteiger partial charge in [0, 0.05) is 23.3 Å². The summed E-state index contributed by atoms with van der Waals surface area (Å²) < 4.78 is 6.38. The number of likely N-dealkylation sites (tertiary alicyclic amines) is 1. The van der Waals surface area contributed by atoms with Gasteiger partial charge < -0.3 is 20.3 Å². The highest BCUT2D eigenvalue weighted by Gasteiger charge is 2.72. The van der Waals surface area contributed by atoms with Crippen molar-refractivity contribution in [3.05, 3.63) is 41.4 Å². The smallest absolute Gasteiger partial charge is 0.246 e. The van der Waals surface area contributed by atoms with Gasteiger partial charge in [0.1, 0.15) is 11.6 Å². The van der Waals surface area contributed by atoms with Crippen LogP contribution in [-0.4, -0.2) is 53.0 Å². The van der Waals surface area contributed by atoms with Crippen LogP contribution in [0, 0.1) is 23.7 Å². The molecule has 3 amide bonds. The van der Waals surface area contributed by atoms with E-state index in [-0.39, 0.29) is 23.8 Å². The maximum absolute atomic E-state index is 13.8. The number of halogens is 1. The van der Waals surface area contributed by atoms with Gasteiger partial charge >= 0.3 is 0 Å². The van der Waals surface area contributed by atoms with Crippen molar-refractivity contribution >= 4 is 35.0 Å². The first kappa shape index (κ1) is 24.3. The molecule has 35 heavy (non-hydrogen) atoms. The van der Waals surface area contributed by atoms with E-state index in [1.807, 2.05) is 19.1 Å². The lowest BCUT2D eigenvalue weighted by Crippen LogP contribution is -2.57. The molecule has 2 saturated heterocycles. The van der Waals surface area contributed by atoms with E-state index in [1.165, 1.54) is 6.42 Å². The summed E-state index contributed by atoms with van der Waals surface area (Å²) in [4.78, 5) is 42.5. The van der Waals surface area contributed by atoms with Crippen molar-refractivity contribution < 1.29 is 19.1 Å². The van der Waals surface area contributed by atoms with Crippen LogP contribution < -0.4 is 10.6 Å². The van der Waals surface area contributed by atoms with Gasteiger partial charge in [-0.1, -0.05) is 57.4 Å². The number of carbonyl (C=O) groups excluding carboxylic acids is 3. The Balaban J connectivity index is 1.41. The number of nitrogens with one attached hydrogen (secondary N) is 2. The maximum Gasteiger partial charge on any atom is 0.246 e. The number of hydrogen-bond donors (Lipinski definition) is 2. The van der Waals surface area contributed by atoms with Gasteiger partial charge in [0.15, 0.2) is 0 Å². The van der Waals surface area contributed by atoms with Crippen molar-refractivity contribution in [2.24, 2.45) is 23.7 Å². The Bertz CT molecular complexity index is 1040. The van der Waals surface area contributed by atoms with E-state index < -0.39 is 29.6 Å². The van der Waals surface area contributed by atoms with Gasteiger partial charge in [-0.3, -0.25) is 14.4 Å². The van der Waals surface area contributed by atoms with Crippen LogP contribution in [0.15, 0.2) is 36.4 Å². The van der Waals surface area contributed by atoms with E-state index in [2.05, 4.69) is 24.5 Å². The Morgan fingerprint density at radius 1 is 1.17 bits per heavy atom. The molecule has 4 aliphatic rings. The summed E-state index contributed by atoms with van der Waals surface area (Å²) in [5.74, 6) is -1.16. The monoisotopic (exact) mass is 499 g/mol. The molecule has 3 aliphatic heterocycles. The van der Waals surface area contributed by atoms with Gasteiger partial charge in [-0.2, -0.15) is 0 Å². The number of benzene rings is 1. The normalized spacial score (nSPS) is 37.4. The molecule has 1 aromatic carbocycles. The van der Waals surface area contributed by atoms with Gasteiger partial charge in [0.25, 0.3) is 0 Å². The van der Waals surface area contributed by atoms with Crippen LogP contribution in [0.1, 0.15) is 46.5 Å². The predicted molar refractivity (Wildman–Crippen MR) is 134 cm³/mol. The minimum atomic E-state index is -1.12.